The summed E-state index contributed by atoms with van der Waals surface area (Å²) in [7, 11) is 1.57. The van der Waals surface area contributed by atoms with Crippen LogP contribution in [0.4, 0.5) is 4.79 Å². The Labute approximate surface area is 244 Å². The third-order valence-electron chi connectivity index (χ3n) is 6.72. The van der Waals surface area contributed by atoms with Crippen LogP contribution in [0.3, 0.4) is 0 Å². The summed E-state index contributed by atoms with van der Waals surface area (Å²) in [5.41, 5.74) is -1.41. The molecule has 2 atom stereocenters. The van der Waals surface area contributed by atoms with Crippen LogP contribution in [0.1, 0.15) is 46.1 Å². The maximum atomic E-state index is 14.1. The number of methoxy groups -OCH3 is 1. The molecule has 3 rings (SSSR count). The monoisotopic (exact) mass is 597 g/mol. The standard InChI is InChI=1S/C28H37Cl2N3O7/c1-6-39-25(36)28-17-32(26(37)40-27(2,3)4)12-10-22(28)33(16-18-8-9-19(29)14-21(18)30)24(35)20(28)15-23(34)31-11-7-13-38-5/h8-10,14,20H,6-7,11-13,15-17H2,1-5H3,(H,31,34)/t20-,28-/m1/s1. The van der Waals surface area contributed by atoms with E-state index in [1.807, 2.05) is 0 Å². The first-order chi connectivity index (χ1) is 18.8. The molecule has 0 aromatic heterocycles. The van der Waals surface area contributed by atoms with Gasteiger partial charge in [0.25, 0.3) is 0 Å². The Bertz CT molecular complexity index is 1170. The maximum absolute atomic E-state index is 14.1. The van der Waals surface area contributed by atoms with E-state index in [4.69, 9.17) is 37.4 Å². The molecule has 0 spiro atoms. The van der Waals surface area contributed by atoms with E-state index in [-0.39, 0.29) is 32.7 Å². The minimum atomic E-state index is -1.62. The molecule has 0 aliphatic carbocycles. The highest BCUT2D eigenvalue weighted by Gasteiger charge is 2.64. The van der Waals surface area contributed by atoms with Crippen molar-refractivity contribution in [2.75, 3.05) is 40.0 Å². The van der Waals surface area contributed by atoms with Crippen molar-refractivity contribution >= 4 is 47.1 Å². The van der Waals surface area contributed by atoms with Crippen molar-refractivity contribution in [1.29, 1.82) is 0 Å². The molecule has 2 aliphatic rings. The molecular formula is C28H37Cl2N3O7. The van der Waals surface area contributed by atoms with Crippen molar-refractivity contribution in [3.05, 3.63) is 45.6 Å². The lowest BCUT2D eigenvalue weighted by atomic mass is 9.71. The molecule has 1 fully saturated rings. The molecule has 0 saturated carbocycles. The van der Waals surface area contributed by atoms with Gasteiger partial charge >= 0.3 is 12.1 Å². The maximum Gasteiger partial charge on any atom is 0.410 e. The Hall–Kier alpha value is -2.82. The third kappa shape index (κ3) is 7.08. The molecular weight excluding hydrogens is 561 g/mol. The van der Waals surface area contributed by atoms with Gasteiger partial charge < -0.3 is 29.3 Å². The predicted octanol–water partition coefficient (Wildman–Crippen LogP) is 4.18. The minimum Gasteiger partial charge on any atom is -0.465 e. The number of ether oxygens (including phenoxy) is 3. The normalized spacial score (nSPS) is 20.6. The number of hydrogen-bond acceptors (Lipinski definition) is 7. The molecule has 12 heteroatoms. The van der Waals surface area contributed by atoms with Gasteiger partial charge in [-0.15, -0.1) is 0 Å². The van der Waals surface area contributed by atoms with E-state index >= 15 is 0 Å². The minimum absolute atomic E-state index is 0.0419. The molecule has 1 saturated heterocycles. The van der Waals surface area contributed by atoms with Gasteiger partial charge in [-0.1, -0.05) is 29.3 Å². The van der Waals surface area contributed by atoms with Crippen LogP contribution >= 0.6 is 23.2 Å². The van der Waals surface area contributed by atoms with Gasteiger partial charge in [0.2, 0.25) is 11.8 Å². The number of hydrogen-bond donors (Lipinski definition) is 1. The number of nitrogens with one attached hydrogen (secondary N) is 1. The molecule has 3 amide bonds. The number of carbonyl (C=O) groups excluding carboxylic acids is 4. The zero-order valence-corrected chi connectivity index (χ0v) is 25.1. The zero-order chi connectivity index (χ0) is 29.7. The van der Waals surface area contributed by atoms with Gasteiger partial charge in [-0.2, -0.15) is 0 Å². The van der Waals surface area contributed by atoms with Crippen molar-refractivity contribution in [2.24, 2.45) is 11.3 Å². The lowest BCUT2D eigenvalue weighted by molar-refractivity contribution is -0.158. The number of likely N-dealkylation sites (tertiary alicyclic amines) is 1. The van der Waals surface area contributed by atoms with E-state index in [0.29, 0.717) is 40.9 Å². The molecule has 1 aromatic carbocycles. The first kappa shape index (κ1) is 31.7. The van der Waals surface area contributed by atoms with E-state index in [9.17, 15) is 19.2 Å². The number of halogens is 2. The summed E-state index contributed by atoms with van der Waals surface area (Å²) in [5.74, 6) is -2.66. The van der Waals surface area contributed by atoms with Gasteiger partial charge in [0, 0.05) is 55.5 Å². The van der Waals surface area contributed by atoms with E-state index in [0.717, 1.165) is 0 Å². The number of nitrogens with zero attached hydrogens (tertiary/aromatic N) is 2. The van der Waals surface area contributed by atoms with Gasteiger partial charge in [-0.3, -0.25) is 14.4 Å². The van der Waals surface area contributed by atoms with Crippen LogP contribution in [0.15, 0.2) is 30.0 Å². The fourth-order valence-corrected chi connectivity index (χ4v) is 5.43. The highest BCUT2D eigenvalue weighted by atomic mass is 35.5. The van der Waals surface area contributed by atoms with Crippen LogP contribution < -0.4 is 5.32 Å². The molecule has 1 aromatic rings. The molecule has 1 N–H and O–H groups in total. The van der Waals surface area contributed by atoms with E-state index < -0.39 is 40.8 Å². The molecule has 10 nitrogen and oxygen atoms in total. The van der Waals surface area contributed by atoms with E-state index in [2.05, 4.69) is 5.32 Å². The van der Waals surface area contributed by atoms with Gasteiger partial charge in [0.15, 0.2) is 0 Å². The first-order valence-corrected chi connectivity index (χ1v) is 14.0. The molecule has 0 bridgehead atoms. The van der Waals surface area contributed by atoms with Gasteiger partial charge in [-0.25, -0.2) is 4.79 Å². The summed E-state index contributed by atoms with van der Waals surface area (Å²) in [5, 5.41) is 3.59. The fourth-order valence-electron chi connectivity index (χ4n) is 4.97. The Morgan fingerprint density at radius 1 is 1.20 bits per heavy atom. The second kappa shape index (κ2) is 13.2. The number of benzene rings is 1. The lowest BCUT2D eigenvalue weighted by Crippen LogP contribution is -2.54. The molecule has 220 valence electrons. The second-order valence-electron chi connectivity index (χ2n) is 10.8. The number of esters is 1. The number of amides is 3. The number of carbonyl (C=O) groups is 4. The Kier molecular flexibility index (Phi) is 10.5. The second-order valence-corrected chi connectivity index (χ2v) is 11.6. The topological polar surface area (TPSA) is 114 Å². The molecule has 0 unspecified atom stereocenters. The van der Waals surface area contributed by atoms with Crippen molar-refractivity contribution < 1.29 is 33.4 Å². The SMILES string of the molecule is CCOC(=O)[C@@]12CN(C(=O)OC(C)(C)C)CC=C1N(Cc1ccc(Cl)cc1Cl)C(=O)[C@H]2CC(=O)NCCCOC. The van der Waals surface area contributed by atoms with Crippen LogP contribution in [0.25, 0.3) is 0 Å². The highest BCUT2D eigenvalue weighted by molar-refractivity contribution is 6.35. The summed E-state index contributed by atoms with van der Waals surface area (Å²) in [6, 6.07) is 4.94. The van der Waals surface area contributed by atoms with Crippen LogP contribution in [0.5, 0.6) is 0 Å². The van der Waals surface area contributed by atoms with Crippen LogP contribution in [0.2, 0.25) is 10.0 Å². The summed E-state index contributed by atoms with van der Waals surface area (Å²) in [4.78, 5) is 56.8. The summed E-state index contributed by atoms with van der Waals surface area (Å²) in [6.45, 7) is 7.68. The van der Waals surface area contributed by atoms with E-state index in [1.54, 1.807) is 59.1 Å². The molecule has 0 radical (unpaired) electrons. The van der Waals surface area contributed by atoms with Crippen molar-refractivity contribution in [3.63, 3.8) is 0 Å². The van der Waals surface area contributed by atoms with Gasteiger partial charge in [0.05, 0.1) is 19.1 Å². The average Bonchev–Trinajstić information content (AvgIpc) is 3.10. The Balaban J connectivity index is 2.05. The quantitative estimate of drug-likeness (QED) is 0.318. The highest BCUT2D eigenvalue weighted by Crippen LogP contribution is 2.51. The fraction of sp³-hybridized carbons (Fsp3) is 0.571. The Morgan fingerprint density at radius 2 is 1.93 bits per heavy atom. The van der Waals surface area contributed by atoms with Crippen LogP contribution in [0, 0.1) is 11.3 Å². The largest absolute Gasteiger partial charge is 0.465 e. The Morgan fingerprint density at radius 3 is 2.55 bits per heavy atom. The van der Waals surface area contributed by atoms with Crippen LogP contribution in [-0.2, 0) is 35.1 Å². The number of rotatable bonds is 10. The summed E-state index contributed by atoms with van der Waals surface area (Å²) >= 11 is 12.5. The smallest absolute Gasteiger partial charge is 0.410 e. The molecule has 40 heavy (non-hydrogen) atoms. The van der Waals surface area contributed by atoms with Crippen LogP contribution in [-0.4, -0.2) is 79.2 Å². The van der Waals surface area contributed by atoms with Crippen molar-refractivity contribution in [3.8, 4) is 0 Å². The first-order valence-electron chi connectivity index (χ1n) is 13.2. The summed E-state index contributed by atoms with van der Waals surface area (Å²) < 4.78 is 16.1. The van der Waals surface area contributed by atoms with Crippen molar-refractivity contribution in [1.82, 2.24) is 15.1 Å². The summed E-state index contributed by atoms with van der Waals surface area (Å²) in [6.07, 6.45) is 1.32. The molecule has 2 heterocycles. The average molecular weight is 599 g/mol. The molecule has 2 aliphatic heterocycles. The van der Waals surface area contributed by atoms with Gasteiger partial charge in [-0.05, 0) is 57.9 Å². The lowest BCUT2D eigenvalue weighted by Gasteiger charge is -2.40. The van der Waals surface area contributed by atoms with E-state index in [1.165, 1.54) is 9.80 Å². The van der Waals surface area contributed by atoms with Crippen molar-refractivity contribution in [2.45, 2.75) is 52.7 Å². The third-order valence-corrected chi connectivity index (χ3v) is 7.31. The predicted molar refractivity (Wildman–Crippen MR) is 150 cm³/mol. The van der Waals surface area contributed by atoms with Gasteiger partial charge in [0.1, 0.15) is 11.0 Å². The zero-order valence-electron chi connectivity index (χ0n) is 23.6. The number of fused-ring (bicyclic) bond motifs is 1.